The van der Waals surface area contributed by atoms with Gasteiger partial charge in [0.2, 0.25) is 0 Å². The molecule has 0 saturated heterocycles. The Hall–Kier alpha value is -3.40. The lowest BCUT2D eigenvalue weighted by Gasteiger charge is -2.28. The average molecular weight is 607 g/mol. The molecule has 39 heavy (non-hydrogen) atoms. The number of alkyl halides is 3. The van der Waals surface area contributed by atoms with Crippen molar-refractivity contribution in [1.82, 2.24) is 0 Å². The second-order valence-corrected chi connectivity index (χ2v) is 12.5. The summed E-state index contributed by atoms with van der Waals surface area (Å²) >= 11 is 0. The summed E-state index contributed by atoms with van der Waals surface area (Å²) in [5.74, 6) is 0.594. The van der Waals surface area contributed by atoms with Gasteiger partial charge in [-0.2, -0.15) is 13.2 Å². The Morgan fingerprint density at radius 1 is 0.513 bits per heavy atom. The Morgan fingerprint density at radius 2 is 0.923 bits per heavy atom. The molecule has 6 heteroatoms. The van der Waals surface area contributed by atoms with Crippen molar-refractivity contribution >= 4 is 23.2 Å². The van der Waals surface area contributed by atoms with Gasteiger partial charge in [-0.3, -0.25) is 0 Å². The third kappa shape index (κ3) is 6.27. The topological polar surface area (TPSA) is 9.23 Å². The van der Waals surface area contributed by atoms with E-state index < -0.39 is 19.0 Å². The molecule has 0 fully saturated rings. The molecule has 0 aliphatic rings. The fourth-order valence-electron chi connectivity index (χ4n) is 4.88. The van der Waals surface area contributed by atoms with Crippen LogP contribution in [-0.4, -0.2) is 0 Å². The largest absolute Gasteiger partial charge is 1.00 e. The fourth-order valence-corrected chi connectivity index (χ4v) is 9.14. The second-order valence-electron chi connectivity index (χ2n) is 9.03. The molecule has 0 saturated carbocycles. The van der Waals surface area contributed by atoms with Gasteiger partial charge in [0.15, 0.2) is 0 Å². The van der Waals surface area contributed by atoms with Gasteiger partial charge >= 0.3 is 6.18 Å². The summed E-state index contributed by atoms with van der Waals surface area (Å²) in [7, 11) is -2.19. The first-order valence-electron chi connectivity index (χ1n) is 12.4. The number of halogens is 4. The van der Waals surface area contributed by atoms with Gasteiger partial charge in [-0.15, -0.1) is 0 Å². The van der Waals surface area contributed by atoms with E-state index in [9.17, 15) is 13.2 Å². The molecular formula is C33H27BrF3OP. The van der Waals surface area contributed by atoms with E-state index in [4.69, 9.17) is 4.74 Å². The van der Waals surface area contributed by atoms with Crippen LogP contribution in [0.25, 0.3) is 0 Å². The van der Waals surface area contributed by atoms with E-state index in [1.54, 1.807) is 6.07 Å². The number of ether oxygens (including phenoxy) is 1. The maximum atomic E-state index is 13.6. The van der Waals surface area contributed by atoms with Crippen LogP contribution >= 0.6 is 7.26 Å². The Kier molecular flexibility index (Phi) is 9.27. The van der Waals surface area contributed by atoms with Gasteiger partial charge < -0.3 is 21.7 Å². The van der Waals surface area contributed by atoms with Crippen LogP contribution in [0.15, 0.2) is 140 Å². The Bertz CT molecular complexity index is 1380. The molecule has 5 aromatic rings. The van der Waals surface area contributed by atoms with Crippen LogP contribution in [0, 0.1) is 0 Å². The lowest BCUT2D eigenvalue weighted by atomic mass is 10.1. The third-order valence-corrected chi connectivity index (χ3v) is 11.0. The van der Waals surface area contributed by atoms with Gasteiger partial charge in [0, 0.05) is 11.1 Å². The lowest BCUT2D eigenvalue weighted by Crippen LogP contribution is -3.00. The Morgan fingerprint density at radius 3 is 1.41 bits per heavy atom. The number of benzene rings is 5. The maximum absolute atomic E-state index is 13.6. The summed E-state index contributed by atoms with van der Waals surface area (Å²) in [6.07, 6.45) is -3.77. The molecule has 1 nitrogen and oxygen atoms in total. The minimum absolute atomic E-state index is 0. The highest BCUT2D eigenvalue weighted by Crippen LogP contribution is 2.59. The summed E-state index contributed by atoms with van der Waals surface area (Å²) in [5, 5.41) is 3.69. The number of para-hydroxylation sites is 1. The minimum atomic E-state index is -4.44. The van der Waals surface area contributed by atoms with Gasteiger partial charge in [0.1, 0.15) is 41.7 Å². The van der Waals surface area contributed by atoms with Crippen molar-refractivity contribution in [2.45, 2.75) is 18.9 Å². The van der Waals surface area contributed by atoms with Crippen molar-refractivity contribution in [3.8, 4) is 5.75 Å². The molecule has 0 spiro atoms. The predicted octanol–water partition coefficient (Wildman–Crippen LogP) is 4.78. The summed E-state index contributed by atoms with van der Waals surface area (Å²) in [5.41, 5.74) is 0.407. The zero-order valence-electron chi connectivity index (χ0n) is 21.1. The first-order chi connectivity index (χ1) is 18.5. The summed E-state index contributed by atoms with van der Waals surface area (Å²) in [6.45, 7) is -0.167. The van der Waals surface area contributed by atoms with Crippen molar-refractivity contribution in [3.63, 3.8) is 0 Å². The molecule has 0 amide bonds. The van der Waals surface area contributed by atoms with Gasteiger partial charge in [0.05, 0.1) is 5.56 Å². The van der Waals surface area contributed by atoms with E-state index in [-0.39, 0.29) is 29.2 Å². The number of rotatable bonds is 8. The lowest BCUT2D eigenvalue weighted by molar-refractivity contribution is -0.138. The van der Waals surface area contributed by atoms with E-state index in [0.717, 1.165) is 11.6 Å². The van der Waals surface area contributed by atoms with Crippen LogP contribution < -0.4 is 37.6 Å². The molecule has 0 aromatic heterocycles. The highest BCUT2D eigenvalue weighted by molar-refractivity contribution is 7.95. The zero-order chi connectivity index (χ0) is 26.4. The maximum Gasteiger partial charge on any atom is 0.416 e. The fraction of sp³-hybridized carbons (Fsp3) is 0.0909. The van der Waals surface area contributed by atoms with Gasteiger partial charge in [-0.1, -0.05) is 91.0 Å². The average Bonchev–Trinajstić information content (AvgIpc) is 2.96. The van der Waals surface area contributed by atoms with Gasteiger partial charge in [-0.25, -0.2) is 0 Å². The van der Waals surface area contributed by atoms with E-state index in [0.29, 0.717) is 11.9 Å². The summed E-state index contributed by atoms with van der Waals surface area (Å²) < 4.78 is 46.9. The molecular weight excluding hydrogens is 580 g/mol. The van der Waals surface area contributed by atoms with Crippen molar-refractivity contribution in [1.29, 1.82) is 0 Å². The van der Waals surface area contributed by atoms with Crippen LogP contribution in [0.1, 0.15) is 16.7 Å². The van der Waals surface area contributed by atoms with E-state index in [1.807, 2.05) is 42.5 Å². The summed E-state index contributed by atoms with van der Waals surface area (Å²) in [4.78, 5) is 0. The first-order valence-corrected chi connectivity index (χ1v) is 14.4. The minimum Gasteiger partial charge on any atom is -1.00 e. The van der Waals surface area contributed by atoms with Crippen LogP contribution in [-0.2, 0) is 18.9 Å². The van der Waals surface area contributed by atoms with Crippen LogP contribution in [0.5, 0.6) is 5.75 Å². The van der Waals surface area contributed by atoms with Crippen LogP contribution in [0.3, 0.4) is 0 Å². The molecule has 0 heterocycles. The standard InChI is InChI=1S/C33H27F3OP.BrH/c34-33(35,36)31-22-12-10-14-26(31)24-37-32-23-13-11-15-27(32)25-38(28-16-4-1-5-17-28,29-18-6-2-7-19-29)30-20-8-3-9-21-30;/h1-23H,24-25H2;1H/q+1;/p-1. The molecule has 0 atom stereocenters. The zero-order valence-corrected chi connectivity index (χ0v) is 23.5. The SMILES string of the molecule is FC(F)(F)c1ccccc1COc1ccccc1C[P+](c1ccccc1)(c1ccccc1)c1ccccc1.[Br-]. The molecule has 0 aliphatic heterocycles. The molecule has 198 valence electrons. The smallest absolute Gasteiger partial charge is 0.416 e. The van der Waals surface area contributed by atoms with Crippen molar-refractivity contribution in [2.75, 3.05) is 0 Å². The molecule has 0 unspecified atom stereocenters. The van der Waals surface area contributed by atoms with Crippen molar-refractivity contribution in [2.24, 2.45) is 0 Å². The highest BCUT2D eigenvalue weighted by atomic mass is 79.9. The highest BCUT2D eigenvalue weighted by Gasteiger charge is 2.46. The van der Waals surface area contributed by atoms with Gasteiger partial charge in [0.25, 0.3) is 0 Å². The summed E-state index contributed by atoms with van der Waals surface area (Å²) in [6, 6.07) is 44.8. The molecule has 0 aliphatic carbocycles. The quantitative estimate of drug-likeness (QED) is 0.231. The molecule has 5 aromatic carbocycles. The Balaban J connectivity index is 0.00000353. The predicted molar refractivity (Wildman–Crippen MR) is 151 cm³/mol. The van der Waals surface area contributed by atoms with E-state index in [1.165, 1.54) is 28.0 Å². The van der Waals surface area contributed by atoms with Crippen LogP contribution in [0.4, 0.5) is 13.2 Å². The first kappa shape index (κ1) is 28.6. The second kappa shape index (κ2) is 12.6. The van der Waals surface area contributed by atoms with Crippen molar-refractivity contribution in [3.05, 3.63) is 156 Å². The normalized spacial score (nSPS) is 11.5. The third-order valence-electron chi connectivity index (χ3n) is 6.68. The number of hydrogen-bond donors (Lipinski definition) is 0. The Labute approximate surface area is 238 Å². The molecule has 0 N–H and O–H groups in total. The molecule has 5 rings (SSSR count). The van der Waals surface area contributed by atoms with E-state index >= 15 is 0 Å². The van der Waals surface area contributed by atoms with Crippen molar-refractivity contribution < 1.29 is 34.9 Å². The van der Waals surface area contributed by atoms with Crippen LogP contribution in [0.2, 0.25) is 0 Å². The number of hydrogen-bond acceptors (Lipinski definition) is 1. The van der Waals surface area contributed by atoms with Gasteiger partial charge in [-0.05, 0) is 48.5 Å². The van der Waals surface area contributed by atoms with E-state index in [2.05, 4.69) is 72.8 Å². The molecule has 0 radical (unpaired) electrons. The monoisotopic (exact) mass is 606 g/mol. The molecule has 0 bridgehead atoms.